The first-order chi connectivity index (χ1) is 53.2. The number of phosphoric acid groups is 2. The van der Waals surface area contributed by atoms with Gasteiger partial charge in [0.15, 0.2) is 6.10 Å². The number of carbonyl (C=O) groups is 3. The lowest BCUT2D eigenvalue weighted by atomic mass is 10.0. The van der Waals surface area contributed by atoms with Crippen LogP contribution in [0.2, 0.25) is 0 Å². The molecule has 0 aromatic rings. The lowest BCUT2D eigenvalue weighted by Gasteiger charge is -2.21. The summed E-state index contributed by atoms with van der Waals surface area (Å²) in [5, 5.41) is 20.7. The monoisotopic (exact) mass is 1570 g/mol. The maximum absolute atomic E-state index is 13.0. The fourth-order valence-corrected chi connectivity index (χ4v) is 13.6. The minimum Gasteiger partial charge on any atom is -0.463 e. The van der Waals surface area contributed by atoms with E-state index < -0.39 is 91.5 Å². The van der Waals surface area contributed by atoms with E-state index in [-0.39, 0.29) is 19.3 Å². The van der Waals surface area contributed by atoms with E-state index in [0.717, 1.165) is 141 Å². The fraction of sp³-hybridized carbons (Fsp3) is 0.747. The first kappa shape index (κ1) is 105. The zero-order valence-corrected chi connectivity index (χ0v) is 71.0. The van der Waals surface area contributed by atoms with Crippen LogP contribution in [0.25, 0.3) is 0 Å². The number of ether oxygens (including phenoxy) is 3. The van der Waals surface area contributed by atoms with Crippen LogP contribution in [0.1, 0.15) is 380 Å². The molecule has 0 heterocycles. The number of aliphatic hydroxyl groups excluding tert-OH is 2. The Morgan fingerprint density at radius 1 is 0.266 bits per heavy atom. The Balaban J connectivity index is 4.39. The maximum Gasteiger partial charge on any atom is 0.472 e. The van der Waals surface area contributed by atoms with Gasteiger partial charge in [-0.2, -0.15) is 0 Å². The summed E-state index contributed by atoms with van der Waals surface area (Å²) in [6.07, 6.45) is 101. The van der Waals surface area contributed by atoms with Crippen molar-refractivity contribution in [2.24, 2.45) is 0 Å². The molecule has 0 aromatic carbocycles. The van der Waals surface area contributed by atoms with Gasteiger partial charge in [-0.15, -0.1) is 0 Å². The van der Waals surface area contributed by atoms with E-state index in [2.05, 4.69) is 142 Å². The molecule has 18 heteroatoms. The summed E-state index contributed by atoms with van der Waals surface area (Å²) in [5.74, 6) is -1.58. The molecule has 109 heavy (non-hydrogen) atoms. The van der Waals surface area contributed by atoms with E-state index in [1.54, 1.807) is 0 Å². The van der Waals surface area contributed by atoms with Crippen LogP contribution < -0.4 is 0 Å². The van der Waals surface area contributed by atoms with Gasteiger partial charge in [-0.1, -0.05) is 367 Å². The Labute approximate surface area is 665 Å². The number of hydrogen-bond donors (Lipinski definition) is 4. The lowest BCUT2D eigenvalue weighted by molar-refractivity contribution is -0.161. The van der Waals surface area contributed by atoms with Crippen LogP contribution in [0.4, 0.5) is 0 Å². The summed E-state index contributed by atoms with van der Waals surface area (Å²) < 4.78 is 61.3. The molecule has 5 unspecified atom stereocenters. The molecule has 0 aliphatic carbocycles. The normalized spacial score (nSPS) is 14.4. The molecule has 0 aliphatic rings. The van der Waals surface area contributed by atoms with Gasteiger partial charge in [-0.05, 0) is 116 Å². The molecule has 0 saturated carbocycles. The third-order valence-electron chi connectivity index (χ3n) is 18.7. The summed E-state index contributed by atoms with van der Waals surface area (Å²) >= 11 is 0. The van der Waals surface area contributed by atoms with Crippen LogP contribution in [0.15, 0.2) is 122 Å². The van der Waals surface area contributed by atoms with Crippen molar-refractivity contribution < 1.29 is 75.8 Å². The number of aliphatic hydroxyl groups is 2. The number of phosphoric ester groups is 2. The highest BCUT2D eigenvalue weighted by Crippen LogP contribution is 2.45. The van der Waals surface area contributed by atoms with E-state index in [4.69, 9.17) is 32.3 Å². The molecular formula is C91H160O16P2. The second-order valence-electron chi connectivity index (χ2n) is 29.3. The number of esters is 3. The van der Waals surface area contributed by atoms with Gasteiger partial charge >= 0.3 is 33.6 Å². The summed E-state index contributed by atoms with van der Waals surface area (Å²) in [7, 11) is -9.79. The summed E-state index contributed by atoms with van der Waals surface area (Å²) in [6, 6.07) is 0. The molecule has 0 bridgehead atoms. The van der Waals surface area contributed by atoms with Crippen LogP contribution in [-0.2, 0) is 55.8 Å². The highest BCUT2D eigenvalue weighted by Gasteiger charge is 2.29. The van der Waals surface area contributed by atoms with Gasteiger partial charge in [0.2, 0.25) is 0 Å². The molecule has 630 valence electrons. The second kappa shape index (κ2) is 83.4. The molecule has 0 fully saturated rings. The minimum absolute atomic E-state index is 0.103. The van der Waals surface area contributed by atoms with E-state index in [0.29, 0.717) is 19.3 Å². The quantitative estimate of drug-likeness (QED) is 0.0146. The molecule has 0 rings (SSSR count). The fourth-order valence-electron chi connectivity index (χ4n) is 12.0. The van der Waals surface area contributed by atoms with Gasteiger partial charge in [0.1, 0.15) is 25.4 Å². The SMILES string of the molecule is CC/C=C\C/C=C\C/C=C\C/C=C\C/C=C\C/C=C\CCCCCCCCC(=O)OCC(COP(=O)(O)OCC(O)COP(=O)(O)OCC(O)COC(=O)CCCCCCCCCCCCCCCCCCCCC/C=C\C/C=C\C/C=C\C/C=C\CCCCC)OC(=O)CCCCCCCCCCCCCCC. The zero-order valence-electron chi connectivity index (χ0n) is 69.2. The Morgan fingerprint density at radius 3 is 0.789 bits per heavy atom. The number of rotatable bonds is 83. The molecule has 0 radical (unpaired) electrons. The number of carbonyl (C=O) groups excluding carboxylic acids is 3. The Hall–Kier alpha value is -4.05. The zero-order chi connectivity index (χ0) is 79.4. The van der Waals surface area contributed by atoms with Gasteiger partial charge in [0.05, 0.1) is 26.4 Å². The van der Waals surface area contributed by atoms with Crippen molar-refractivity contribution in [3.8, 4) is 0 Å². The van der Waals surface area contributed by atoms with Crippen molar-refractivity contribution in [2.75, 3.05) is 39.6 Å². The summed E-state index contributed by atoms with van der Waals surface area (Å²) in [4.78, 5) is 58.7. The molecule has 0 aliphatic heterocycles. The standard InChI is InChI=1S/C91H160O16P2/c1-4-7-10-13-16-19-22-25-27-29-31-33-35-37-38-39-40-41-42-43-44-45-46-48-50-51-53-55-57-60-62-65-68-71-74-77-89(94)101-80-86(92)81-103-108(97,98)104-82-87(93)83-105-109(99,100)106-85-88(107-91(96)79-76-73-70-67-64-59-24-21-18-15-12-9-6-3)84-102-90(95)78-75-72-69-66-63-61-58-56-54-52-49-47-36-34-32-30-28-26-23-20-17-14-11-8-5-2/h8,11,16-17,19-20,25-28,31-34,37-38,47,49,54,56,86-88,92-93H,4-7,9-10,12-15,18,21-24,29-30,35-36,39-46,48,50-53,55,57-85H2,1-3H3,(H,97,98)(H,99,100)/b11-8-,19-16-,20-17-,27-25-,28-26-,33-31-,34-32-,38-37-,49-47-,56-54-. The molecule has 0 aromatic heterocycles. The van der Waals surface area contributed by atoms with Gasteiger partial charge in [-0.25, -0.2) is 9.13 Å². The molecule has 0 saturated heterocycles. The third kappa shape index (κ3) is 84.7. The smallest absolute Gasteiger partial charge is 0.463 e. The minimum atomic E-state index is -4.93. The molecule has 5 atom stereocenters. The average molecular weight is 1570 g/mol. The average Bonchev–Trinajstić information content (AvgIpc) is 0.903. The number of unbranched alkanes of at least 4 members (excludes halogenated alkanes) is 40. The van der Waals surface area contributed by atoms with Crippen molar-refractivity contribution in [1.29, 1.82) is 0 Å². The van der Waals surface area contributed by atoms with Crippen molar-refractivity contribution in [1.82, 2.24) is 0 Å². The van der Waals surface area contributed by atoms with Crippen molar-refractivity contribution >= 4 is 33.6 Å². The Bertz CT molecular complexity index is 2460. The largest absolute Gasteiger partial charge is 0.472 e. The third-order valence-corrected chi connectivity index (χ3v) is 20.6. The van der Waals surface area contributed by atoms with E-state index in [1.807, 2.05) is 0 Å². The van der Waals surface area contributed by atoms with Crippen LogP contribution in [0.3, 0.4) is 0 Å². The van der Waals surface area contributed by atoms with E-state index >= 15 is 0 Å². The highest BCUT2D eigenvalue weighted by atomic mass is 31.2. The molecular weight excluding hydrogens is 1410 g/mol. The van der Waals surface area contributed by atoms with Crippen LogP contribution in [-0.4, -0.2) is 95.9 Å². The molecule has 0 spiro atoms. The maximum atomic E-state index is 13.0. The van der Waals surface area contributed by atoms with E-state index in [1.165, 1.54) is 180 Å². The topological polar surface area (TPSA) is 231 Å². The Morgan fingerprint density at radius 2 is 0.486 bits per heavy atom. The van der Waals surface area contributed by atoms with Gasteiger partial charge < -0.3 is 34.2 Å². The first-order valence-electron chi connectivity index (χ1n) is 43.8. The first-order valence-corrected chi connectivity index (χ1v) is 46.8. The Kier molecular flexibility index (Phi) is 80.3. The summed E-state index contributed by atoms with van der Waals surface area (Å²) in [6.45, 7) is 2.57. The van der Waals surface area contributed by atoms with E-state index in [9.17, 15) is 43.5 Å². The van der Waals surface area contributed by atoms with Crippen LogP contribution >= 0.6 is 15.6 Å². The lowest BCUT2D eigenvalue weighted by Crippen LogP contribution is -2.30. The molecule has 0 amide bonds. The van der Waals surface area contributed by atoms with Crippen molar-refractivity contribution in [3.05, 3.63) is 122 Å². The molecule has 16 nitrogen and oxygen atoms in total. The number of allylic oxidation sites excluding steroid dienone is 20. The summed E-state index contributed by atoms with van der Waals surface area (Å²) in [5.41, 5.74) is 0. The van der Waals surface area contributed by atoms with Crippen molar-refractivity contribution in [3.63, 3.8) is 0 Å². The van der Waals surface area contributed by atoms with Gasteiger partial charge in [-0.3, -0.25) is 32.5 Å². The predicted octanol–water partition coefficient (Wildman–Crippen LogP) is 26.4. The van der Waals surface area contributed by atoms with Gasteiger partial charge in [0.25, 0.3) is 0 Å². The second-order valence-corrected chi connectivity index (χ2v) is 32.2. The van der Waals surface area contributed by atoms with Crippen LogP contribution in [0.5, 0.6) is 0 Å². The molecule has 4 N–H and O–H groups in total. The van der Waals surface area contributed by atoms with Crippen LogP contribution in [0, 0.1) is 0 Å². The highest BCUT2D eigenvalue weighted by molar-refractivity contribution is 7.47. The number of hydrogen-bond acceptors (Lipinski definition) is 14. The predicted molar refractivity (Wildman–Crippen MR) is 454 cm³/mol. The van der Waals surface area contributed by atoms with Crippen molar-refractivity contribution in [2.45, 2.75) is 399 Å². The van der Waals surface area contributed by atoms with Gasteiger partial charge in [0, 0.05) is 19.3 Å².